The molecular weight excluding hydrogens is 364 g/mol. The van der Waals surface area contributed by atoms with Crippen LogP contribution in [0.4, 0.5) is 17.2 Å². The second-order valence-electron chi connectivity index (χ2n) is 5.82. The highest BCUT2D eigenvalue weighted by atomic mass is 35.5. The molecule has 0 atom stereocenters. The van der Waals surface area contributed by atoms with Crippen molar-refractivity contribution in [3.8, 4) is 5.75 Å². The van der Waals surface area contributed by atoms with E-state index in [0.29, 0.717) is 16.5 Å². The van der Waals surface area contributed by atoms with Crippen LogP contribution in [0.3, 0.4) is 0 Å². The minimum Gasteiger partial charge on any atom is -0.491 e. The number of anilines is 3. The molecule has 0 aliphatic carbocycles. The normalized spacial score (nSPS) is 10.3. The second-order valence-corrected chi connectivity index (χ2v) is 6.23. The highest BCUT2D eigenvalue weighted by Crippen LogP contribution is 2.23. The van der Waals surface area contributed by atoms with E-state index in [0.717, 1.165) is 17.2 Å². The Morgan fingerprint density at radius 3 is 2.56 bits per heavy atom. The maximum Gasteiger partial charge on any atom is 0.227 e. The van der Waals surface area contributed by atoms with Crippen LogP contribution in [0.5, 0.6) is 5.75 Å². The number of hydrogen-bond donors (Lipinski definition) is 2. The number of rotatable bonds is 7. The van der Waals surface area contributed by atoms with Crippen molar-refractivity contribution in [2.45, 2.75) is 13.3 Å². The van der Waals surface area contributed by atoms with Gasteiger partial charge in [-0.1, -0.05) is 23.7 Å². The van der Waals surface area contributed by atoms with E-state index in [1.807, 2.05) is 49.4 Å². The van der Waals surface area contributed by atoms with E-state index in [4.69, 9.17) is 16.3 Å². The third-order valence-corrected chi connectivity index (χ3v) is 3.98. The monoisotopic (exact) mass is 382 g/mol. The molecular formula is C20H19ClN4O2. The molecule has 0 aliphatic heterocycles. The summed E-state index contributed by atoms with van der Waals surface area (Å²) in [6, 6.07) is 16.4. The summed E-state index contributed by atoms with van der Waals surface area (Å²) in [7, 11) is 0. The molecule has 1 heterocycles. The van der Waals surface area contributed by atoms with Crippen molar-refractivity contribution in [1.82, 2.24) is 9.97 Å². The van der Waals surface area contributed by atoms with E-state index in [-0.39, 0.29) is 18.9 Å². The number of nitrogens with zero attached hydrogens (tertiary/aromatic N) is 2. The fourth-order valence-electron chi connectivity index (χ4n) is 2.35. The van der Waals surface area contributed by atoms with Crippen LogP contribution < -0.4 is 15.4 Å². The minimum atomic E-state index is -0.130. The Morgan fingerprint density at radius 2 is 1.81 bits per heavy atom. The van der Waals surface area contributed by atoms with Crippen LogP contribution in [0.25, 0.3) is 0 Å². The number of amides is 1. The Kier molecular flexibility index (Phi) is 6.22. The number of benzene rings is 2. The van der Waals surface area contributed by atoms with Gasteiger partial charge in [-0.15, -0.1) is 0 Å². The molecule has 2 N–H and O–H groups in total. The zero-order chi connectivity index (χ0) is 19.1. The van der Waals surface area contributed by atoms with Crippen LogP contribution in [0.2, 0.25) is 5.02 Å². The first-order valence-corrected chi connectivity index (χ1v) is 8.81. The number of ether oxygens (including phenoxy) is 1. The van der Waals surface area contributed by atoms with Crippen molar-refractivity contribution in [2.75, 3.05) is 17.2 Å². The van der Waals surface area contributed by atoms with Crippen molar-refractivity contribution in [3.05, 3.63) is 71.6 Å². The molecule has 3 rings (SSSR count). The molecule has 27 heavy (non-hydrogen) atoms. The zero-order valence-corrected chi connectivity index (χ0v) is 15.5. The molecule has 7 heteroatoms. The average molecular weight is 383 g/mol. The average Bonchev–Trinajstić information content (AvgIpc) is 2.65. The van der Waals surface area contributed by atoms with Gasteiger partial charge in [-0.25, -0.2) is 9.97 Å². The van der Waals surface area contributed by atoms with Gasteiger partial charge in [-0.3, -0.25) is 4.79 Å². The number of carbonyl (C=O) groups is 1. The van der Waals surface area contributed by atoms with Gasteiger partial charge in [-0.05, 0) is 43.3 Å². The third kappa shape index (κ3) is 5.69. The lowest BCUT2D eigenvalue weighted by Gasteiger charge is -2.10. The van der Waals surface area contributed by atoms with Crippen LogP contribution in [-0.2, 0) is 4.79 Å². The van der Waals surface area contributed by atoms with Gasteiger partial charge in [0.25, 0.3) is 0 Å². The number of nitrogens with one attached hydrogen (secondary N) is 2. The van der Waals surface area contributed by atoms with Crippen LogP contribution in [-0.4, -0.2) is 22.5 Å². The van der Waals surface area contributed by atoms with Gasteiger partial charge in [0.2, 0.25) is 5.91 Å². The van der Waals surface area contributed by atoms with E-state index in [9.17, 15) is 4.79 Å². The molecule has 6 nitrogen and oxygen atoms in total. The molecule has 1 aromatic heterocycles. The Bertz CT molecular complexity index is 916. The fourth-order valence-corrected chi connectivity index (χ4v) is 2.54. The predicted molar refractivity (Wildman–Crippen MR) is 107 cm³/mol. The first-order chi connectivity index (χ1) is 13.1. The molecule has 0 saturated heterocycles. The Hall–Kier alpha value is -3.12. The first kappa shape index (κ1) is 18.7. The van der Waals surface area contributed by atoms with Crippen molar-refractivity contribution in [3.63, 3.8) is 0 Å². The maximum absolute atomic E-state index is 12.0. The van der Waals surface area contributed by atoms with Gasteiger partial charge < -0.3 is 15.4 Å². The highest BCUT2D eigenvalue weighted by molar-refractivity contribution is 6.32. The number of hydrogen-bond acceptors (Lipinski definition) is 5. The fraction of sp³-hybridized carbons (Fsp3) is 0.150. The van der Waals surface area contributed by atoms with Gasteiger partial charge in [0.15, 0.2) is 0 Å². The molecule has 2 aromatic carbocycles. The SMILES string of the molecule is Cc1cc(Nc2ccc(NC(=O)CCOc3ccccc3Cl)cc2)ncn1. The third-order valence-electron chi connectivity index (χ3n) is 3.67. The summed E-state index contributed by atoms with van der Waals surface area (Å²) >= 11 is 6.01. The minimum absolute atomic E-state index is 0.130. The summed E-state index contributed by atoms with van der Waals surface area (Å²) in [6.07, 6.45) is 1.74. The van der Waals surface area contributed by atoms with Crippen LogP contribution in [0.1, 0.15) is 12.1 Å². The maximum atomic E-state index is 12.0. The van der Waals surface area contributed by atoms with E-state index in [2.05, 4.69) is 20.6 Å². The van der Waals surface area contributed by atoms with Gasteiger partial charge in [0, 0.05) is 23.1 Å². The molecule has 1 amide bonds. The Balaban J connectivity index is 1.47. The van der Waals surface area contributed by atoms with Crippen LogP contribution in [0, 0.1) is 6.92 Å². The van der Waals surface area contributed by atoms with Gasteiger partial charge in [0.05, 0.1) is 18.1 Å². The Morgan fingerprint density at radius 1 is 1.07 bits per heavy atom. The molecule has 3 aromatic rings. The van der Waals surface area contributed by atoms with Crippen LogP contribution in [0.15, 0.2) is 60.9 Å². The molecule has 0 aliphatic rings. The second kappa shape index (κ2) is 9.00. The lowest BCUT2D eigenvalue weighted by Crippen LogP contribution is -2.15. The smallest absolute Gasteiger partial charge is 0.227 e. The van der Waals surface area contributed by atoms with E-state index >= 15 is 0 Å². The standard InChI is InChI=1S/C20H19ClN4O2/c1-14-12-19(23-13-22-14)24-15-6-8-16(9-7-15)25-20(26)10-11-27-18-5-3-2-4-17(18)21/h2-9,12-13H,10-11H2,1H3,(H,25,26)(H,22,23,24). The quantitative estimate of drug-likeness (QED) is 0.625. The van der Waals surface area contributed by atoms with E-state index < -0.39 is 0 Å². The molecule has 0 spiro atoms. The molecule has 0 unspecified atom stereocenters. The number of aryl methyl sites for hydroxylation is 1. The number of para-hydroxylation sites is 1. The molecule has 138 valence electrons. The molecule has 0 saturated carbocycles. The van der Waals surface area contributed by atoms with Gasteiger partial charge >= 0.3 is 0 Å². The summed E-state index contributed by atoms with van der Waals surface area (Å²) in [5.74, 6) is 1.16. The topological polar surface area (TPSA) is 76.1 Å². The lowest BCUT2D eigenvalue weighted by atomic mass is 10.2. The van der Waals surface area contributed by atoms with Crippen LogP contribution >= 0.6 is 11.6 Å². The number of aromatic nitrogens is 2. The molecule has 0 radical (unpaired) electrons. The Labute approximate surface area is 162 Å². The van der Waals surface area contributed by atoms with Crippen molar-refractivity contribution < 1.29 is 9.53 Å². The van der Waals surface area contributed by atoms with E-state index in [1.54, 1.807) is 12.1 Å². The number of carbonyl (C=O) groups excluding carboxylic acids is 1. The summed E-state index contributed by atoms with van der Waals surface area (Å²) < 4.78 is 5.53. The molecule has 0 fully saturated rings. The summed E-state index contributed by atoms with van der Waals surface area (Å²) in [4.78, 5) is 20.3. The summed E-state index contributed by atoms with van der Waals surface area (Å²) in [6.45, 7) is 2.16. The van der Waals surface area contributed by atoms with Crippen molar-refractivity contribution in [1.29, 1.82) is 0 Å². The van der Waals surface area contributed by atoms with Crippen molar-refractivity contribution in [2.24, 2.45) is 0 Å². The predicted octanol–water partition coefficient (Wildman–Crippen LogP) is 4.59. The van der Waals surface area contributed by atoms with Gasteiger partial charge in [-0.2, -0.15) is 0 Å². The van der Waals surface area contributed by atoms with E-state index in [1.165, 1.54) is 6.33 Å². The van der Waals surface area contributed by atoms with Crippen molar-refractivity contribution >= 4 is 34.7 Å². The first-order valence-electron chi connectivity index (χ1n) is 8.43. The molecule has 0 bridgehead atoms. The zero-order valence-electron chi connectivity index (χ0n) is 14.8. The summed E-state index contributed by atoms with van der Waals surface area (Å²) in [5, 5.41) is 6.55. The lowest BCUT2D eigenvalue weighted by molar-refractivity contribution is -0.116. The van der Waals surface area contributed by atoms with Gasteiger partial charge in [0.1, 0.15) is 17.9 Å². The number of halogens is 1. The summed E-state index contributed by atoms with van der Waals surface area (Å²) in [5.41, 5.74) is 2.46. The highest BCUT2D eigenvalue weighted by Gasteiger charge is 2.05. The largest absolute Gasteiger partial charge is 0.491 e.